The number of thioether (sulfide) groups is 1. The molecule has 1 aliphatic rings. The zero-order valence-electron chi connectivity index (χ0n) is 9.57. The summed E-state index contributed by atoms with van der Waals surface area (Å²) in [7, 11) is 0. The van der Waals surface area contributed by atoms with Gasteiger partial charge < -0.3 is 10.4 Å². The maximum Gasteiger partial charge on any atom is 0.326 e. The van der Waals surface area contributed by atoms with Crippen molar-refractivity contribution in [3.8, 4) is 0 Å². The van der Waals surface area contributed by atoms with Gasteiger partial charge in [-0.1, -0.05) is 19.8 Å². The summed E-state index contributed by atoms with van der Waals surface area (Å²) < 4.78 is 0. The summed E-state index contributed by atoms with van der Waals surface area (Å²) in [5, 5.41) is 11.6. The van der Waals surface area contributed by atoms with E-state index in [1.807, 2.05) is 6.92 Å². The van der Waals surface area contributed by atoms with Crippen LogP contribution in [0.15, 0.2) is 0 Å². The second-order valence-electron chi connectivity index (χ2n) is 4.04. The monoisotopic (exact) mass is 245 g/mol. The maximum absolute atomic E-state index is 11.7. The molecule has 2 atom stereocenters. The minimum atomic E-state index is -0.926. The van der Waals surface area contributed by atoms with E-state index in [4.69, 9.17) is 5.11 Å². The van der Waals surface area contributed by atoms with Crippen molar-refractivity contribution in [3.63, 3.8) is 0 Å². The van der Waals surface area contributed by atoms with Gasteiger partial charge >= 0.3 is 5.97 Å². The van der Waals surface area contributed by atoms with E-state index < -0.39 is 12.0 Å². The number of hydrogen-bond acceptors (Lipinski definition) is 3. The first-order valence-electron chi connectivity index (χ1n) is 5.80. The third-order valence-corrected chi connectivity index (χ3v) is 4.06. The van der Waals surface area contributed by atoms with Crippen LogP contribution in [0.4, 0.5) is 0 Å². The highest BCUT2D eigenvalue weighted by Crippen LogP contribution is 2.26. The van der Waals surface area contributed by atoms with Crippen molar-refractivity contribution in [3.05, 3.63) is 0 Å². The summed E-state index contributed by atoms with van der Waals surface area (Å²) in [6, 6.07) is -0.714. The SMILES string of the molecule is CCCCC(NC(=O)C1CCCS1)C(=O)O. The molecule has 1 fully saturated rings. The predicted molar refractivity (Wildman–Crippen MR) is 64.6 cm³/mol. The number of nitrogens with one attached hydrogen (secondary N) is 1. The van der Waals surface area contributed by atoms with Crippen LogP contribution in [-0.2, 0) is 9.59 Å². The van der Waals surface area contributed by atoms with Crippen LogP contribution in [-0.4, -0.2) is 34.0 Å². The number of hydrogen-bond donors (Lipinski definition) is 2. The molecule has 0 radical (unpaired) electrons. The average Bonchev–Trinajstić information content (AvgIpc) is 2.76. The fraction of sp³-hybridized carbons (Fsp3) is 0.818. The van der Waals surface area contributed by atoms with Crippen molar-refractivity contribution in [2.24, 2.45) is 0 Å². The van der Waals surface area contributed by atoms with Gasteiger partial charge in [-0.25, -0.2) is 4.79 Å². The number of carboxylic acid groups (broad SMARTS) is 1. The Labute approximate surface area is 100 Å². The highest BCUT2D eigenvalue weighted by Gasteiger charge is 2.27. The predicted octanol–water partition coefficient (Wildman–Crippen LogP) is 1.64. The Morgan fingerprint density at radius 2 is 2.31 bits per heavy atom. The van der Waals surface area contributed by atoms with Crippen molar-refractivity contribution in [2.75, 3.05) is 5.75 Å². The van der Waals surface area contributed by atoms with E-state index in [0.29, 0.717) is 6.42 Å². The lowest BCUT2D eigenvalue weighted by Gasteiger charge is -2.16. The number of rotatable bonds is 6. The zero-order chi connectivity index (χ0) is 12.0. The van der Waals surface area contributed by atoms with Crippen molar-refractivity contribution in [1.29, 1.82) is 0 Å². The van der Waals surface area contributed by atoms with Gasteiger partial charge in [0.2, 0.25) is 5.91 Å². The molecular weight excluding hydrogens is 226 g/mol. The van der Waals surface area contributed by atoms with E-state index >= 15 is 0 Å². The standard InChI is InChI=1S/C11H19NO3S/c1-2-3-5-8(11(14)15)12-10(13)9-6-4-7-16-9/h8-9H,2-7H2,1H3,(H,12,13)(H,14,15). The molecule has 16 heavy (non-hydrogen) atoms. The van der Waals surface area contributed by atoms with E-state index in [2.05, 4.69) is 5.32 Å². The van der Waals surface area contributed by atoms with Crippen molar-refractivity contribution in [2.45, 2.75) is 50.3 Å². The van der Waals surface area contributed by atoms with Crippen LogP contribution in [0.2, 0.25) is 0 Å². The van der Waals surface area contributed by atoms with Crippen LogP contribution in [0, 0.1) is 0 Å². The molecule has 0 aromatic rings. The second kappa shape index (κ2) is 6.78. The van der Waals surface area contributed by atoms with Crippen LogP contribution in [0.25, 0.3) is 0 Å². The summed E-state index contributed by atoms with van der Waals surface area (Å²) in [6.07, 6.45) is 4.22. The van der Waals surface area contributed by atoms with Gasteiger partial charge in [-0.2, -0.15) is 0 Å². The van der Waals surface area contributed by atoms with E-state index in [1.165, 1.54) is 0 Å². The molecule has 2 unspecified atom stereocenters. The number of carboxylic acids is 1. The molecule has 5 heteroatoms. The number of unbranched alkanes of at least 4 members (excludes halogenated alkanes) is 1. The number of amides is 1. The summed E-state index contributed by atoms with van der Waals surface area (Å²) in [5.74, 6) is -0.0269. The normalized spacial score (nSPS) is 21.7. The lowest BCUT2D eigenvalue weighted by molar-refractivity contribution is -0.142. The molecule has 1 aliphatic heterocycles. The van der Waals surface area contributed by atoms with Gasteiger partial charge in [-0.15, -0.1) is 11.8 Å². The Hall–Kier alpha value is -0.710. The molecule has 0 saturated carbocycles. The highest BCUT2D eigenvalue weighted by atomic mass is 32.2. The van der Waals surface area contributed by atoms with Gasteiger partial charge in [0, 0.05) is 0 Å². The molecule has 0 bridgehead atoms. The molecule has 1 heterocycles. The first-order chi connectivity index (χ1) is 7.65. The minimum Gasteiger partial charge on any atom is -0.480 e. The molecule has 4 nitrogen and oxygen atoms in total. The third-order valence-electron chi connectivity index (χ3n) is 2.68. The Balaban J connectivity index is 2.40. The largest absolute Gasteiger partial charge is 0.480 e. The van der Waals surface area contributed by atoms with Crippen LogP contribution < -0.4 is 5.32 Å². The molecule has 2 N–H and O–H groups in total. The highest BCUT2D eigenvalue weighted by molar-refractivity contribution is 8.00. The number of carbonyl (C=O) groups excluding carboxylic acids is 1. The second-order valence-corrected chi connectivity index (χ2v) is 5.35. The van der Waals surface area contributed by atoms with E-state index in [1.54, 1.807) is 11.8 Å². The van der Waals surface area contributed by atoms with Gasteiger partial charge in [0.25, 0.3) is 0 Å². The molecule has 0 spiro atoms. The van der Waals surface area contributed by atoms with E-state index in [-0.39, 0.29) is 11.2 Å². The molecular formula is C11H19NO3S. The topological polar surface area (TPSA) is 66.4 Å². The molecule has 0 aromatic heterocycles. The Bertz CT molecular complexity index is 252. The van der Waals surface area contributed by atoms with Crippen molar-refractivity contribution < 1.29 is 14.7 Å². The van der Waals surface area contributed by atoms with Crippen molar-refractivity contribution in [1.82, 2.24) is 5.32 Å². The molecule has 0 aliphatic carbocycles. The van der Waals surface area contributed by atoms with Gasteiger partial charge in [-0.05, 0) is 25.0 Å². The number of carbonyl (C=O) groups is 2. The smallest absolute Gasteiger partial charge is 0.326 e. The molecule has 1 amide bonds. The zero-order valence-corrected chi connectivity index (χ0v) is 10.4. The fourth-order valence-corrected chi connectivity index (χ4v) is 2.89. The summed E-state index contributed by atoms with van der Waals surface area (Å²) in [5.41, 5.74) is 0. The first-order valence-corrected chi connectivity index (χ1v) is 6.84. The van der Waals surface area contributed by atoms with Crippen LogP contribution in [0.5, 0.6) is 0 Å². The Morgan fingerprint density at radius 1 is 1.56 bits per heavy atom. The molecule has 92 valence electrons. The molecule has 1 rings (SSSR count). The molecule has 1 saturated heterocycles. The summed E-state index contributed by atoms with van der Waals surface area (Å²) in [6.45, 7) is 2.01. The van der Waals surface area contributed by atoms with Gasteiger partial charge in [0.15, 0.2) is 0 Å². The Kier molecular flexibility index (Phi) is 5.66. The lowest BCUT2D eigenvalue weighted by atomic mass is 10.1. The lowest BCUT2D eigenvalue weighted by Crippen LogP contribution is -2.44. The summed E-state index contributed by atoms with van der Waals surface area (Å²) in [4.78, 5) is 22.7. The van der Waals surface area contributed by atoms with E-state index in [9.17, 15) is 9.59 Å². The van der Waals surface area contributed by atoms with Crippen LogP contribution >= 0.6 is 11.8 Å². The number of aliphatic carboxylic acids is 1. The van der Waals surface area contributed by atoms with Gasteiger partial charge in [0.1, 0.15) is 6.04 Å². The maximum atomic E-state index is 11.7. The van der Waals surface area contributed by atoms with Crippen LogP contribution in [0.3, 0.4) is 0 Å². The summed E-state index contributed by atoms with van der Waals surface area (Å²) >= 11 is 1.62. The van der Waals surface area contributed by atoms with Crippen molar-refractivity contribution >= 4 is 23.6 Å². The van der Waals surface area contributed by atoms with Gasteiger partial charge in [0.05, 0.1) is 5.25 Å². The minimum absolute atomic E-state index is 0.0384. The quantitative estimate of drug-likeness (QED) is 0.746. The van der Waals surface area contributed by atoms with Crippen LogP contribution in [0.1, 0.15) is 39.0 Å². The Morgan fingerprint density at radius 3 is 2.81 bits per heavy atom. The van der Waals surface area contributed by atoms with E-state index in [0.717, 1.165) is 31.4 Å². The molecule has 0 aromatic carbocycles. The third kappa shape index (κ3) is 4.04. The van der Waals surface area contributed by atoms with Gasteiger partial charge in [-0.3, -0.25) is 4.79 Å². The average molecular weight is 245 g/mol. The fourth-order valence-electron chi connectivity index (χ4n) is 1.71. The first kappa shape index (κ1) is 13.4.